The summed E-state index contributed by atoms with van der Waals surface area (Å²) in [6, 6.07) is 5.92. The number of hydrogen-bond acceptors (Lipinski definition) is 2. The van der Waals surface area contributed by atoms with Gasteiger partial charge in [0.05, 0.1) is 5.56 Å². The molecule has 0 fully saturated rings. The molecule has 0 aliphatic heterocycles. The molecule has 4 heteroatoms. The van der Waals surface area contributed by atoms with Gasteiger partial charge >= 0.3 is 0 Å². The van der Waals surface area contributed by atoms with Gasteiger partial charge in [-0.2, -0.15) is 5.26 Å². The Labute approximate surface area is 93.0 Å². The summed E-state index contributed by atoms with van der Waals surface area (Å²) in [5, 5.41) is 8.75. The summed E-state index contributed by atoms with van der Waals surface area (Å²) < 4.78 is 1.75. The average Bonchev–Trinajstić information content (AvgIpc) is 2.03. The van der Waals surface area contributed by atoms with E-state index in [-0.39, 0.29) is 0 Å². The van der Waals surface area contributed by atoms with Gasteiger partial charge in [0.1, 0.15) is 6.07 Å². The maximum atomic E-state index is 8.75. The summed E-state index contributed by atoms with van der Waals surface area (Å²) in [5.74, 6) is 0. The average molecular weight is 337 g/mol. The van der Waals surface area contributed by atoms with Gasteiger partial charge in [0, 0.05) is 14.6 Å². The summed E-state index contributed by atoms with van der Waals surface area (Å²) in [5.41, 5.74) is 7.18. The minimum Gasteiger partial charge on any atom is -0.326 e. The second kappa shape index (κ2) is 4.21. The predicted molar refractivity (Wildman–Crippen MR) is 59.5 cm³/mol. The molecule has 2 nitrogen and oxygen atoms in total. The van der Waals surface area contributed by atoms with Crippen LogP contribution in [0.3, 0.4) is 0 Å². The van der Waals surface area contributed by atoms with Crippen LogP contribution in [-0.4, -0.2) is 0 Å². The second-order valence-electron chi connectivity index (χ2n) is 2.25. The minimum atomic E-state index is 0.500. The molecule has 1 aromatic rings. The molecule has 0 aromatic heterocycles. The molecule has 1 aromatic carbocycles. The maximum absolute atomic E-state index is 8.75. The lowest BCUT2D eigenvalue weighted by molar-refractivity contribution is 1.06. The highest BCUT2D eigenvalue weighted by molar-refractivity contribution is 14.1. The predicted octanol–water partition coefficient (Wildman–Crippen LogP) is 2.38. The van der Waals surface area contributed by atoms with Crippen LogP contribution in [0.4, 0.5) is 0 Å². The fourth-order valence-corrected chi connectivity index (χ4v) is 2.63. The second-order valence-corrected chi connectivity index (χ2v) is 4.27. The summed E-state index contributed by atoms with van der Waals surface area (Å²) >= 11 is 5.44. The largest absolute Gasteiger partial charge is 0.326 e. The number of hydrogen-bond donors (Lipinski definition) is 1. The van der Waals surface area contributed by atoms with Crippen LogP contribution in [-0.2, 0) is 6.54 Å². The highest BCUT2D eigenvalue weighted by Gasteiger charge is 2.05. The lowest BCUT2D eigenvalue weighted by Crippen LogP contribution is -1.98. The maximum Gasteiger partial charge on any atom is 0.101 e. The SMILES string of the molecule is N#Cc1c(Br)cc(CN)cc1I. The first-order chi connectivity index (χ1) is 5.69. The first kappa shape index (κ1) is 9.96. The van der Waals surface area contributed by atoms with Crippen LogP contribution in [0.2, 0.25) is 0 Å². The van der Waals surface area contributed by atoms with Crippen LogP contribution in [0.1, 0.15) is 11.1 Å². The normalized spacial score (nSPS) is 9.50. The van der Waals surface area contributed by atoms with Crippen LogP contribution in [0.25, 0.3) is 0 Å². The van der Waals surface area contributed by atoms with Crippen molar-refractivity contribution in [2.24, 2.45) is 5.73 Å². The molecule has 0 aliphatic carbocycles. The van der Waals surface area contributed by atoms with Gasteiger partial charge in [0.25, 0.3) is 0 Å². The highest BCUT2D eigenvalue weighted by Crippen LogP contribution is 2.23. The van der Waals surface area contributed by atoms with Gasteiger partial charge < -0.3 is 5.73 Å². The Morgan fingerprint density at radius 1 is 1.58 bits per heavy atom. The molecule has 0 heterocycles. The Kier molecular flexibility index (Phi) is 3.50. The molecule has 0 saturated carbocycles. The molecule has 0 spiro atoms. The third-order valence-corrected chi connectivity index (χ3v) is 2.93. The number of nitrogens with zero attached hydrogens (tertiary/aromatic N) is 1. The van der Waals surface area contributed by atoms with E-state index in [0.717, 1.165) is 13.6 Å². The van der Waals surface area contributed by atoms with Crippen molar-refractivity contribution in [3.05, 3.63) is 31.3 Å². The fraction of sp³-hybridized carbons (Fsp3) is 0.125. The number of nitriles is 1. The number of nitrogens with two attached hydrogens (primary N) is 1. The van der Waals surface area contributed by atoms with Crippen molar-refractivity contribution < 1.29 is 0 Å². The molecule has 0 atom stereocenters. The minimum absolute atomic E-state index is 0.500. The molecule has 2 N–H and O–H groups in total. The molecule has 0 saturated heterocycles. The van der Waals surface area contributed by atoms with Crippen molar-refractivity contribution in [1.82, 2.24) is 0 Å². The van der Waals surface area contributed by atoms with Crippen LogP contribution in [0, 0.1) is 14.9 Å². The number of halogens is 2. The van der Waals surface area contributed by atoms with E-state index in [9.17, 15) is 0 Å². The summed E-state index contributed by atoms with van der Waals surface area (Å²) in [6.45, 7) is 0.500. The molecule has 1 rings (SSSR count). The van der Waals surface area contributed by atoms with E-state index in [0.29, 0.717) is 12.1 Å². The van der Waals surface area contributed by atoms with E-state index in [1.807, 2.05) is 12.1 Å². The molecule has 62 valence electrons. The topological polar surface area (TPSA) is 49.8 Å². The van der Waals surface area contributed by atoms with E-state index in [1.165, 1.54) is 0 Å². The molecule has 0 bridgehead atoms. The van der Waals surface area contributed by atoms with Crippen LogP contribution in [0.15, 0.2) is 16.6 Å². The lowest BCUT2D eigenvalue weighted by Gasteiger charge is -2.02. The third-order valence-electron chi connectivity index (χ3n) is 1.45. The number of benzene rings is 1. The van der Waals surface area contributed by atoms with Crippen molar-refractivity contribution in [2.45, 2.75) is 6.54 Å². The van der Waals surface area contributed by atoms with Gasteiger partial charge in [-0.1, -0.05) is 0 Å². The van der Waals surface area contributed by atoms with Crippen molar-refractivity contribution in [3.63, 3.8) is 0 Å². The summed E-state index contributed by atoms with van der Waals surface area (Å²) in [7, 11) is 0. The van der Waals surface area contributed by atoms with E-state index in [2.05, 4.69) is 44.6 Å². The molecule has 0 radical (unpaired) electrons. The first-order valence-electron chi connectivity index (χ1n) is 3.27. The molecule has 12 heavy (non-hydrogen) atoms. The van der Waals surface area contributed by atoms with Gasteiger partial charge in [0.15, 0.2) is 0 Å². The van der Waals surface area contributed by atoms with Crippen LogP contribution < -0.4 is 5.73 Å². The lowest BCUT2D eigenvalue weighted by atomic mass is 10.1. The van der Waals surface area contributed by atoms with Crippen molar-refractivity contribution >= 4 is 38.5 Å². The van der Waals surface area contributed by atoms with Crippen molar-refractivity contribution in [2.75, 3.05) is 0 Å². The monoisotopic (exact) mass is 336 g/mol. The zero-order valence-electron chi connectivity index (χ0n) is 6.14. The Hall–Kier alpha value is -0.120. The molecule has 0 amide bonds. The Morgan fingerprint density at radius 2 is 2.25 bits per heavy atom. The molecule has 0 aliphatic rings. The zero-order valence-corrected chi connectivity index (χ0v) is 9.89. The Balaban J connectivity index is 3.30. The quantitative estimate of drug-likeness (QED) is 0.800. The van der Waals surface area contributed by atoms with Crippen LogP contribution in [0.5, 0.6) is 0 Å². The van der Waals surface area contributed by atoms with Gasteiger partial charge in [-0.3, -0.25) is 0 Å². The van der Waals surface area contributed by atoms with E-state index < -0.39 is 0 Å². The summed E-state index contributed by atoms with van der Waals surface area (Å²) in [6.07, 6.45) is 0. The molecular weight excluding hydrogens is 331 g/mol. The van der Waals surface area contributed by atoms with Gasteiger partial charge in [-0.15, -0.1) is 0 Å². The van der Waals surface area contributed by atoms with E-state index >= 15 is 0 Å². The van der Waals surface area contributed by atoms with Crippen molar-refractivity contribution in [1.29, 1.82) is 5.26 Å². The smallest absolute Gasteiger partial charge is 0.101 e. The molecule has 0 unspecified atom stereocenters. The third kappa shape index (κ3) is 1.97. The van der Waals surface area contributed by atoms with Gasteiger partial charge in [-0.05, 0) is 56.2 Å². The molecular formula is C8H6BrIN2. The number of rotatable bonds is 1. The standard InChI is InChI=1S/C8H6BrIN2/c9-7-1-5(3-11)2-8(10)6(7)4-12/h1-2H,3,11H2. The first-order valence-corrected chi connectivity index (χ1v) is 5.14. The highest BCUT2D eigenvalue weighted by atomic mass is 127. The van der Waals surface area contributed by atoms with Gasteiger partial charge in [-0.25, -0.2) is 0 Å². The van der Waals surface area contributed by atoms with Gasteiger partial charge in [0.2, 0.25) is 0 Å². The fourth-order valence-electron chi connectivity index (χ4n) is 0.850. The zero-order chi connectivity index (χ0) is 9.14. The summed E-state index contributed by atoms with van der Waals surface area (Å²) in [4.78, 5) is 0. The van der Waals surface area contributed by atoms with E-state index in [1.54, 1.807) is 0 Å². The van der Waals surface area contributed by atoms with Crippen molar-refractivity contribution in [3.8, 4) is 6.07 Å². The van der Waals surface area contributed by atoms with E-state index in [4.69, 9.17) is 11.0 Å². The Bertz CT molecular complexity index is 320. The Morgan fingerprint density at radius 3 is 2.67 bits per heavy atom. The van der Waals surface area contributed by atoms with Crippen LogP contribution >= 0.6 is 38.5 Å².